The SMILES string of the molecule is CCCCC/C=C\CCCCCCCC(=O)OCC(COC(OCC[N+](C)(C)C)C(=O)[O-])OC(=O)CCCCCCCCCC/C=C\C/C=C\C/C=C\CCCCCCC. The van der Waals surface area contributed by atoms with E-state index in [1.165, 1.54) is 89.9 Å². The average Bonchev–Trinajstić information content (AvgIpc) is 3.21. The molecule has 0 fully saturated rings. The minimum Gasteiger partial charge on any atom is -0.545 e. The standard InChI is InChI=1S/C51H91NO8/c1-6-8-10-12-14-16-18-20-21-22-23-24-25-26-27-28-29-30-32-34-36-38-40-42-49(54)60-47(46-59-51(50(55)56)57-44-43-52(3,4)5)45-58-48(53)41-39-37-35-33-31-19-17-15-13-11-9-7-2/h15,17-18,20,22-23,25-26,47,51H,6-14,16,19,21,24,27-46H2,1-5H3/b17-15-,20-18-,23-22-,26-25-. The lowest BCUT2D eigenvalue weighted by Crippen LogP contribution is -2.44. The molecule has 0 heterocycles. The Balaban J connectivity index is 4.36. The monoisotopic (exact) mass is 846 g/mol. The molecule has 9 heteroatoms. The first-order valence-electron chi connectivity index (χ1n) is 24.3. The number of carboxylic acids is 1. The summed E-state index contributed by atoms with van der Waals surface area (Å²) in [5, 5.41) is 11.7. The van der Waals surface area contributed by atoms with Crippen LogP contribution in [0.25, 0.3) is 0 Å². The number of aliphatic carboxylic acids is 1. The number of carbonyl (C=O) groups excluding carboxylic acids is 3. The summed E-state index contributed by atoms with van der Waals surface area (Å²) in [5.74, 6) is -2.31. The Morgan fingerprint density at radius 3 is 1.38 bits per heavy atom. The highest BCUT2D eigenvalue weighted by Gasteiger charge is 2.21. The minimum atomic E-state index is -1.62. The van der Waals surface area contributed by atoms with Crippen LogP contribution in [0.1, 0.15) is 200 Å². The summed E-state index contributed by atoms with van der Waals surface area (Å²) in [4.78, 5) is 37.0. The zero-order valence-corrected chi connectivity index (χ0v) is 39.3. The van der Waals surface area contributed by atoms with Gasteiger partial charge in [0.1, 0.15) is 13.2 Å². The van der Waals surface area contributed by atoms with Crippen LogP contribution < -0.4 is 5.11 Å². The van der Waals surface area contributed by atoms with E-state index in [-0.39, 0.29) is 38.6 Å². The number of ether oxygens (including phenoxy) is 4. The van der Waals surface area contributed by atoms with Gasteiger partial charge in [-0.3, -0.25) is 9.59 Å². The topological polar surface area (TPSA) is 111 Å². The fraction of sp³-hybridized carbons (Fsp3) is 0.784. The van der Waals surface area contributed by atoms with E-state index in [1.807, 2.05) is 21.1 Å². The molecule has 0 bridgehead atoms. The molecule has 0 saturated heterocycles. The Kier molecular flexibility index (Phi) is 41.0. The van der Waals surface area contributed by atoms with Gasteiger partial charge < -0.3 is 33.3 Å². The summed E-state index contributed by atoms with van der Waals surface area (Å²) in [6.07, 6.45) is 47.1. The van der Waals surface area contributed by atoms with Gasteiger partial charge >= 0.3 is 11.9 Å². The first-order valence-corrected chi connectivity index (χ1v) is 24.3. The van der Waals surface area contributed by atoms with Crippen molar-refractivity contribution in [2.75, 3.05) is 47.5 Å². The summed E-state index contributed by atoms with van der Waals surface area (Å²) in [6.45, 7) is 4.68. The van der Waals surface area contributed by atoms with Gasteiger partial charge in [-0.2, -0.15) is 0 Å². The molecular weight excluding hydrogens is 755 g/mol. The Hall–Kier alpha value is -2.75. The smallest absolute Gasteiger partial charge is 0.306 e. The Bertz CT molecular complexity index is 1120. The van der Waals surface area contributed by atoms with E-state index in [0.717, 1.165) is 77.0 Å². The third kappa shape index (κ3) is 43.3. The molecule has 0 radical (unpaired) electrons. The molecule has 0 aliphatic carbocycles. The molecule has 348 valence electrons. The van der Waals surface area contributed by atoms with Crippen LogP contribution in [0.2, 0.25) is 0 Å². The highest BCUT2D eigenvalue weighted by Crippen LogP contribution is 2.14. The number of unbranched alkanes of at least 4 members (excludes halogenated alkanes) is 21. The lowest BCUT2D eigenvalue weighted by Gasteiger charge is -2.26. The number of carboxylic acid groups (broad SMARTS) is 1. The number of carbonyl (C=O) groups is 3. The molecule has 2 unspecified atom stereocenters. The van der Waals surface area contributed by atoms with Crippen molar-refractivity contribution in [3.8, 4) is 0 Å². The fourth-order valence-electron chi connectivity index (χ4n) is 6.48. The van der Waals surface area contributed by atoms with Crippen LogP contribution >= 0.6 is 0 Å². The van der Waals surface area contributed by atoms with Gasteiger partial charge in [-0.25, -0.2) is 0 Å². The first-order chi connectivity index (χ1) is 29.1. The highest BCUT2D eigenvalue weighted by molar-refractivity contribution is 5.70. The van der Waals surface area contributed by atoms with Crippen LogP contribution in [0.15, 0.2) is 48.6 Å². The lowest BCUT2D eigenvalue weighted by atomic mass is 10.1. The number of nitrogens with zero attached hydrogens (tertiary/aromatic N) is 1. The van der Waals surface area contributed by atoms with Crippen molar-refractivity contribution in [1.29, 1.82) is 0 Å². The molecule has 60 heavy (non-hydrogen) atoms. The van der Waals surface area contributed by atoms with E-state index in [4.69, 9.17) is 18.9 Å². The zero-order chi connectivity index (χ0) is 44.2. The maximum Gasteiger partial charge on any atom is 0.306 e. The number of quaternary nitrogens is 1. The quantitative estimate of drug-likeness (QED) is 0.0196. The largest absolute Gasteiger partial charge is 0.545 e. The second-order valence-electron chi connectivity index (χ2n) is 17.4. The lowest BCUT2D eigenvalue weighted by molar-refractivity contribution is -0.870. The Labute approximate surface area is 368 Å². The zero-order valence-electron chi connectivity index (χ0n) is 39.3. The number of esters is 2. The Morgan fingerprint density at radius 1 is 0.500 bits per heavy atom. The van der Waals surface area contributed by atoms with Gasteiger partial charge in [0.15, 0.2) is 12.4 Å². The molecule has 0 aromatic heterocycles. The van der Waals surface area contributed by atoms with Crippen molar-refractivity contribution in [3.05, 3.63) is 48.6 Å². The summed E-state index contributed by atoms with van der Waals surface area (Å²) >= 11 is 0. The van der Waals surface area contributed by atoms with E-state index >= 15 is 0 Å². The first kappa shape index (κ1) is 57.2. The van der Waals surface area contributed by atoms with E-state index in [1.54, 1.807) is 0 Å². The number of hydrogen-bond acceptors (Lipinski definition) is 8. The van der Waals surface area contributed by atoms with E-state index in [0.29, 0.717) is 17.4 Å². The molecule has 0 aliphatic heterocycles. The van der Waals surface area contributed by atoms with Gasteiger partial charge in [0, 0.05) is 12.8 Å². The van der Waals surface area contributed by atoms with Crippen LogP contribution in [0.5, 0.6) is 0 Å². The van der Waals surface area contributed by atoms with Gasteiger partial charge in [0.2, 0.25) is 0 Å². The molecule has 0 rings (SSSR count). The third-order valence-electron chi connectivity index (χ3n) is 10.3. The summed E-state index contributed by atoms with van der Waals surface area (Å²) in [5.41, 5.74) is 0. The normalized spacial score (nSPS) is 13.3. The van der Waals surface area contributed by atoms with Crippen molar-refractivity contribution in [2.24, 2.45) is 0 Å². The number of rotatable bonds is 44. The van der Waals surface area contributed by atoms with Gasteiger partial charge in [-0.15, -0.1) is 0 Å². The van der Waals surface area contributed by atoms with Gasteiger partial charge in [-0.05, 0) is 77.0 Å². The van der Waals surface area contributed by atoms with Gasteiger partial charge in [0.25, 0.3) is 0 Å². The molecule has 0 aromatic carbocycles. The number of likely N-dealkylation sites (N-methyl/N-ethyl adjacent to an activating group) is 1. The molecular formula is C51H91NO8. The van der Waals surface area contributed by atoms with Crippen molar-refractivity contribution < 1.29 is 42.9 Å². The van der Waals surface area contributed by atoms with Crippen LogP contribution in [0, 0.1) is 0 Å². The molecule has 0 N–H and O–H groups in total. The second-order valence-corrected chi connectivity index (χ2v) is 17.4. The van der Waals surface area contributed by atoms with E-state index in [9.17, 15) is 19.5 Å². The molecule has 0 amide bonds. The van der Waals surface area contributed by atoms with E-state index < -0.39 is 24.3 Å². The third-order valence-corrected chi connectivity index (χ3v) is 10.3. The molecule has 2 atom stereocenters. The highest BCUT2D eigenvalue weighted by atomic mass is 16.7. The van der Waals surface area contributed by atoms with Crippen LogP contribution in [0.4, 0.5) is 0 Å². The van der Waals surface area contributed by atoms with Crippen molar-refractivity contribution in [2.45, 2.75) is 212 Å². The van der Waals surface area contributed by atoms with Crippen molar-refractivity contribution in [3.63, 3.8) is 0 Å². The number of hydrogen-bond donors (Lipinski definition) is 0. The molecule has 9 nitrogen and oxygen atoms in total. The van der Waals surface area contributed by atoms with E-state index in [2.05, 4.69) is 62.5 Å². The van der Waals surface area contributed by atoms with Gasteiger partial charge in [-0.1, -0.05) is 159 Å². The average molecular weight is 846 g/mol. The predicted molar refractivity (Wildman–Crippen MR) is 246 cm³/mol. The maximum absolute atomic E-state index is 12.8. The fourth-order valence-corrected chi connectivity index (χ4v) is 6.48. The molecule has 0 aromatic rings. The minimum absolute atomic E-state index is 0.144. The molecule has 0 saturated carbocycles. The van der Waals surface area contributed by atoms with Crippen LogP contribution in [-0.2, 0) is 33.3 Å². The number of allylic oxidation sites excluding steroid dienone is 8. The molecule has 0 aliphatic rings. The van der Waals surface area contributed by atoms with Crippen LogP contribution in [0.3, 0.4) is 0 Å². The summed E-state index contributed by atoms with van der Waals surface area (Å²) in [7, 11) is 5.90. The van der Waals surface area contributed by atoms with Crippen molar-refractivity contribution in [1.82, 2.24) is 0 Å². The predicted octanol–water partition coefficient (Wildman–Crippen LogP) is 11.8. The Morgan fingerprint density at radius 2 is 0.900 bits per heavy atom. The maximum atomic E-state index is 12.8. The van der Waals surface area contributed by atoms with Crippen LogP contribution in [-0.4, -0.2) is 82.3 Å². The molecule has 0 spiro atoms. The van der Waals surface area contributed by atoms with Crippen molar-refractivity contribution >= 4 is 17.9 Å². The second kappa shape index (κ2) is 42.9. The van der Waals surface area contributed by atoms with Gasteiger partial charge in [0.05, 0.1) is 40.3 Å². The summed E-state index contributed by atoms with van der Waals surface area (Å²) in [6, 6.07) is 0. The summed E-state index contributed by atoms with van der Waals surface area (Å²) < 4.78 is 22.6.